The predicted molar refractivity (Wildman–Crippen MR) is 189 cm³/mol. The van der Waals surface area contributed by atoms with Crippen LogP contribution in [0.2, 0.25) is 0 Å². The van der Waals surface area contributed by atoms with Gasteiger partial charge in [-0.25, -0.2) is 14.4 Å². The fourth-order valence-corrected chi connectivity index (χ4v) is 7.27. The van der Waals surface area contributed by atoms with Crippen molar-refractivity contribution in [3.63, 3.8) is 0 Å². The molecule has 2 fully saturated rings. The SMILES string of the molecule is O=C(CC1CCCCC1)Nc1cncc(-c2ccc3[nH]nc(-c4cc5c(-c6cc(F)cc(OCCN7CCCC7)c6)ccnc5[nH]4)c3n2)c1. The molecule has 1 amide bonds. The summed E-state index contributed by atoms with van der Waals surface area (Å²) in [6.45, 7) is 3.53. The van der Waals surface area contributed by atoms with E-state index in [2.05, 4.69) is 35.4 Å². The molecule has 5 aromatic heterocycles. The molecule has 8 rings (SSSR count). The van der Waals surface area contributed by atoms with Crippen molar-refractivity contribution in [2.24, 2.45) is 5.92 Å². The minimum absolute atomic E-state index is 0.0256. The van der Waals surface area contributed by atoms with Gasteiger partial charge in [-0.05, 0) is 98.3 Å². The summed E-state index contributed by atoms with van der Waals surface area (Å²) in [5.74, 6) is 0.635. The van der Waals surface area contributed by atoms with Gasteiger partial charge in [0.2, 0.25) is 5.91 Å². The van der Waals surface area contributed by atoms with Crippen LogP contribution in [0.3, 0.4) is 0 Å². The van der Waals surface area contributed by atoms with Crippen molar-refractivity contribution in [3.05, 3.63) is 72.9 Å². The number of nitrogens with zero attached hydrogens (tertiary/aromatic N) is 5. The average Bonchev–Trinajstić information content (AvgIpc) is 3.88. The highest BCUT2D eigenvalue weighted by molar-refractivity contribution is 5.99. The van der Waals surface area contributed by atoms with Gasteiger partial charge in [-0.15, -0.1) is 0 Å². The van der Waals surface area contributed by atoms with Gasteiger partial charge >= 0.3 is 0 Å². The van der Waals surface area contributed by atoms with Crippen LogP contribution in [-0.2, 0) is 4.79 Å². The lowest BCUT2D eigenvalue weighted by atomic mass is 9.87. The normalized spacial score (nSPS) is 15.7. The number of aromatic amines is 2. The number of halogens is 1. The summed E-state index contributed by atoms with van der Waals surface area (Å²) in [5, 5.41) is 11.6. The second-order valence-electron chi connectivity index (χ2n) is 13.3. The Morgan fingerprint density at radius 2 is 1.86 bits per heavy atom. The van der Waals surface area contributed by atoms with Gasteiger partial charge in [-0.2, -0.15) is 5.10 Å². The molecule has 0 atom stereocenters. The topological polar surface area (TPSA) is 125 Å². The van der Waals surface area contributed by atoms with E-state index >= 15 is 0 Å². The van der Waals surface area contributed by atoms with E-state index in [1.54, 1.807) is 18.6 Å². The molecule has 1 saturated heterocycles. The molecule has 10 nitrogen and oxygen atoms in total. The molecule has 0 radical (unpaired) electrons. The molecule has 2 aliphatic rings. The van der Waals surface area contributed by atoms with Crippen molar-refractivity contribution < 1.29 is 13.9 Å². The van der Waals surface area contributed by atoms with Crippen molar-refractivity contribution in [3.8, 4) is 39.5 Å². The number of fused-ring (bicyclic) bond motifs is 2. The Labute approximate surface area is 283 Å². The molecule has 0 bridgehead atoms. The van der Waals surface area contributed by atoms with Gasteiger partial charge in [0.1, 0.15) is 35.0 Å². The summed E-state index contributed by atoms with van der Waals surface area (Å²) in [6, 6.07) is 14.5. The van der Waals surface area contributed by atoms with Crippen molar-refractivity contribution in [2.75, 3.05) is 31.6 Å². The molecular weight excluding hydrogens is 619 g/mol. The van der Waals surface area contributed by atoms with Crippen LogP contribution in [0.25, 0.3) is 55.8 Å². The van der Waals surface area contributed by atoms with E-state index in [0.29, 0.717) is 58.5 Å². The molecule has 0 unspecified atom stereocenters. The van der Waals surface area contributed by atoms with E-state index in [1.807, 2.05) is 36.4 Å². The minimum Gasteiger partial charge on any atom is -0.492 e. The van der Waals surface area contributed by atoms with Crippen molar-refractivity contribution in [2.45, 2.75) is 51.4 Å². The van der Waals surface area contributed by atoms with Gasteiger partial charge < -0.3 is 15.0 Å². The summed E-state index contributed by atoms with van der Waals surface area (Å²) in [6.07, 6.45) is 14.0. The third-order valence-electron chi connectivity index (χ3n) is 9.77. The zero-order chi connectivity index (χ0) is 33.2. The lowest BCUT2D eigenvalue weighted by molar-refractivity contribution is -0.117. The Balaban J connectivity index is 1.05. The van der Waals surface area contributed by atoms with E-state index < -0.39 is 0 Å². The minimum atomic E-state index is -0.355. The summed E-state index contributed by atoms with van der Waals surface area (Å²) < 4.78 is 20.8. The van der Waals surface area contributed by atoms with E-state index in [9.17, 15) is 9.18 Å². The highest BCUT2D eigenvalue weighted by Gasteiger charge is 2.19. The van der Waals surface area contributed by atoms with Gasteiger partial charge in [0.05, 0.1) is 28.8 Å². The number of amides is 1. The van der Waals surface area contributed by atoms with E-state index in [4.69, 9.17) is 9.72 Å². The molecule has 1 aliphatic carbocycles. The number of nitrogens with one attached hydrogen (secondary N) is 3. The van der Waals surface area contributed by atoms with Crippen LogP contribution in [0.4, 0.5) is 10.1 Å². The number of anilines is 1. The second kappa shape index (κ2) is 13.8. The maximum Gasteiger partial charge on any atom is 0.224 e. The summed E-state index contributed by atoms with van der Waals surface area (Å²) >= 11 is 0. The zero-order valence-electron chi connectivity index (χ0n) is 27.3. The van der Waals surface area contributed by atoms with Crippen LogP contribution >= 0.6 is 0 Å². The number of benzene rings is 1. The average molecular weight is 659 g/mol. The van der Waals surface area contributed by atoms with Gasteiger partial charge in [0.15, 0.2) is 0 Å². The molecule has 1 aliphatic heterocycles. The lowest BCUT2D eigenvalue weighted by Gasteiger charge is -2.20. The number of ether oxygens (including phenoxy) is 1. The fraction of sp³-hybridized carbons (Fsp3) is 0.342. The van der Waals surface area contributed by atoms with Crippen LogP contribution < -0.4 is 10.1 Å². The van der Waals surface area contributed by atoms with Crippen LogP contribution in [0, 0.1) is 11.7 Å². The quantitative estimate of drug-likeness (QED) is 0.137. The molecule has 0 spiro atoms. The largest absolute Gasteiger partial charge is 0.492 e. The standard InChI is InChI=1S/C38H39FN8O2/c39-27-17-25(19-29(20-27)49-15-14-47-12-4-5-13-47)30-10-11-41-38-31(30)21-34(44-38)37-36-33(45-46-37)9-8-32(43-36)26-18-28(23-40-22-26)42-35(48)16-24-6-2-1-3-7-24/h8-11,17-24H,1-7,12-16H2,(H,41,44)(H,42,48)(H,45,46). The number of likely N-dealkylation sites (tertiary alicyclic amines) is 1. The molecule has 3 N–H and O–H groups in total. The smallest absolute Gasteiger partial charge is 0.224 e. The Kier molecular flexibility index (Phi) is 8.74. The maximum atomic E-state index is 14.8. The zero-order valence-corrected chi connectivity index (χ0v) is 27.3. The first kappa shape index (κ1) is 31.1. The first-order chi connectivity index (χ1) is 24.1. The third kappa shape index (κ3) is 6.89. The van der Waals surface area contributed by atoms with Gasteiger partial charge in [-0.1, -0.05) is 19.3 Å². The number of hydrogen-bond acceptors (Lipinski definition) is 7. The van der Waals surface area contributed by atoms with E-state index in [-0.39, 0.29) is 11.7 Å². The van der Waals surface area contributed by atoms with Crippen LogP contribution in [-0.4, -0.2) is 67.2 Å². The highest BCUT2D eigenvalue weighted by Crippen LogP contribution is 2.35. The molecule has 6 heterocycles. The first-order valence-electron chi connectivity index (χ1n) is 17.3. The molecule has 250 valence electrons. The third-order valence-corrected chi connectivity index (χ3v) is 9.77. The molecule has 49 heavy (non-hydrogen) atoms. The molecule has 1 aromatic carbocycles. The summed E-state index contributed by atoms with van der Waals surface area (Å²) in [4.78, 5) is 32.5. The van der Waals surface area contributed by atoms with Crippen LogP contribution in [0.1, 0.15) is 51.4 Å². The van der Waals surface area contributed by atoms with Crippen LogP contribution in [0.15, 0.2) is 67.1 Å². The second-order valence-corrected chi connectivity index (χ2v) is 13.3. The monoisotopic (exact) mass is 658 g/mol. The molecular formula is C38H39FN8O2. The Hall–Kier alpha value is -5.16. The number of rotatable bonds is 10. The predicted octanol–water partition coefficient (Wildman–Crippen LogP) is 7.75. The Bertz CT molecular complexity index is 2110. The van der Waals surface area contributed by atoms with Crippen LogP contribution in [0.5, 0.6) is 5.75 Å². The Morgan fingerprint density at radius 3 is 2.73 bits per heavy atom. The van der Waals surface area contributed by atoms with Gasteiger partial charge in [0.25, 0.3) is 0 Å². The van der Waals surface area contributed by atoms with Crippen molar-refractivity contribution in [1.82, 2.24) is 35.0 Å². The number of H-pyrrole nitrogens is 2. The number of aromatic nitrogens is 6. The summed E-state index contributed by atoms with van der Waals surface area (Å²) in [5.41, 5.74) is 7.15. The number of hydrogen-bond donors (Lipinski definition) is 3. The van der Waals surface area contributed by atoms with E-state index in [1.165, 1.54) is 44.2 Å². The molecule has 11 heteroatoms. The molecule has 6 aromatic rings. The van der Waals surface area contributed by atoms with Gasteiger partial charge in [0, 0.05) is 42.4 Å². The number of pyridine rings is 3. The lowest BCUT2D eigenvalue weighted by Crippen LogP contribution is -2.25. The van der Waals surface area contributed by atoms with Crippen molar-refractivity contribution in [1.29, 1.82) is 0 Å². The van der Waals surface area contributed by atoms with Crippen molar-refractivity contribution >= 4 is 33.7 Å². The van der Waals surface area contributed by atoms with Gasteiger partial charge in [-0.3, -0.25) is 19.8 Å². The molecule has 1 saturated carbocycles. The number of carbonyl (C=O) groups is 1. The Morgan fingerprint density at radius 1 is 0.980 bits per heavy atom. The number of carbonyl (C=O) groups excluding carboxylic acids is 1. The van der Waals surface area contributed by atoms with E-state index in [0.717, 1.165) is 60.2 Å². The maximum absolute atomic E-state index is 14.8. The highest BCUT2D eigenvalue weighted by atomic mass is 19.1. The first-order valence-corrected chi connectivity index (χ1v) is 17.3. The summed E-state index contributed by atoms with van der Waals surface area (Å²) in [7, 11) is 0. The fourth-order valence-electron chi connectivity index (χ4n) is 7.27.